The minimum atomic E-state index is -0.00708. The maximum absolute atomic E-state index is 12.0. The summed E-state index contributed by atoms with van der Waals surface area (Å²) in [6.45, 7) is 2.78. The number of nitrogens with one attached hydrogen (secondary N) is 1. The number of imidazole rings is 1. The van der Waals surface area contributed by atoms with Crippen molar-refractivity contribution in [3.8, 4) is 0 Å². The average Bonchev–Trinajstić information content (AvgIpc) is 3.23. The first-order valence-electron chi connectivity index (χ1n) is 7.09. The summed E-state index contributed by atoms with van der Waals surface area (Å²) in [7, 11) is 0. The lowest BCUT2D eigenvalue weighted by Crippen LogP contribution is -2.39. The number of benzene rings is 1. The summed E-state index contributed by atoms with van der Waals surface area (Å²) in [5.41, 5.74) is 7.90. The number of halogens is 2. The van der Waals surface area contributed by atoms with Gasteiger partial charge in [-0.15, -0.1) is 24.8 Å². The second kappa shape index (κ2) is 7.81. The average molecular weight is 345 g/mol. The van der Waals surface area contributed by atoms with Gasteiger partial charge in [0.15, 0.2) is 0 Å². The number of nitrogens with two attached hydrogens (primary N) is 1. The van der Waals surface area contributed by atoms with E-state index in [0.717, 1.165) is 16.9 Å². The van der Waals surface area contributed by atoms with Gasteiger partial charge in [0.2, 0.25) is 5.91 Å². The van der Waals surface area contributed by atoms with Crippen molar-refractivity contribution in [3.05, 3.63) is 30.1 Å². The van der Waals surface area contributed by atoms with Crippen molar-refractivity contribution in [2.45, 2.75) is 32.4 Å². The van der Waals surface area contributed by atoms with Crippen molar-refractivity contribution in [1.29, 1.82) is 0 Å². The van der Waals surface area contributed by atoms with Crippen LogP contribution < -0.4 is 11.1 Å². The number of hydrogen-bond acceptors (Lipinski definition) is 3. The molecule has 5 nitrogen and oxygen atoms in total. The molecule has 3 N–H and O–H groups in total. The van der Waals surface area contributed by atoms with Gasteiger partial charge < -0.3 is 15.6 Å². The molecule has 1 aromatic carbocycles. The van der Waals surface area contributed by atoms with Crippen LogP contribution in [0.15, 0.2) is 24.3 Å². The molecule has 1 unspecified atom stereocenters. The fourth-order valence-corrected chi connectivity index (χ4v) is 2.52. The van der Waals surface area contributed by atoms with Crippen molar-refractivity contribution in [1.82, 2.24) is 14.9 Å². The second-order valence-electron chi connectivity index (χ2n) is 5.54. The molecule has 1 atom stereocenters. The molecule has 0 spiro atoms. The van der Waals surface area contributed by atoms with E-state index in [1.165, 1.54) is 12.8 Å². The van der Waals surface area contributed by atoms with Gasteiger partial charge in [-0.3, -0.25) is 4.79 Å². The fraction of sp³-hybridized carbons (Fsp3) is 0.467. The van der Waals surface area contributed by atoms with Gasteiger partial charge in [0.05, 0.1) is 11.0 Å². The highest BCUT2D eigenvalue weighted by Crippen LogP contribution is 2.31. The molecular formula is C15H22Cl2N4O. The number of carbonyl (C=O) groups is 1. The van der Waals surface area contributed by atoms with Crippen molar-refractivity contribution in [2.24, 2.45) is 11.7 Å². The Hall–Kier alpha value is -1.30. The van der Waals surface area contributed by atoms with Gasteiger partial charge in [0.25, 0.3) is 0 Å². The van der Waals surface area contributed by atoms with E-state index in [2.05, 4.69) is 10.3 Å². The second-order valence-corrected chi connectivity index (χ2v) is 5.54. The molecule has 3 rings (SSSR count). The predicted molar refractivity (Wildman–Crippen MR) is 92.7 cm³/mol. The summed E-state index contributed by atoms with van der Waals surface area (Å²) in [6.07, 6.45) is 2.39. The smallest absolute Gasteiger partial charge is 0.240 e. The first-order valence-corrected chi connectivity index (χ1v) is 7.09. The standard InChI is InChI=1S/C15H20N4O.2ClH/c1-10-18-13-4-2-3-5-14(13)19(10)9-15(20)17-8-12(16)11-6-7-11;;/h2-5,11-12H,6-9,16H2,1H3,(H,17,20);2*1H. The van der Waals surface area contributed by atoms with Crippen LogP contribution in [0.4, 0.5) is 0 Å². The largest absolute Gasteiger partial charge is 0.353 e. The molecule has 1 saturated carbocycles. The number of fused-ring (bicyclic) bond motifs is 1. The van der Waals surface area contributed by atoms with Crippen LogP contribution in [0.25, 0.3) is 11.0 Å². The lowest BCUT2D eigenvalue weighted by atomic mass is 10.2. The summed E-state index contributed by atoms with van der Waals surface area (Å²) in [5.74, 6) is 1.45. The van der Waals surface area contributed by atoms with Crippen LogP contribution in [-0.4, -0.2) is 28.0 Å². The number of aryl methyl sites for hydroxylation is 1. The third-order valence-corrected chi connectivity index (χ3v) is 3.91. The highest BCUT2D eigenvalue weighted by Gasteiger charge is 2.28. The van der Waals surface area contributed by atoms with E-state index in [9.17, 15) is 4.79 Å². The molecule has 0 aliphatic heterocycles. The Morgan fingerprint density at radius 3 is 2.77 bits per heavy atom. The molecule has 0 saturated heterocycles. The Balaban J connectivity index is 0.00000121. The van der Waals surface area contributed by atoms with E-state index in [1.54, 1.807) is 0 Å². The van der Waals surface area contributed by atoms with E-state index in [0.29, 0.717) is 19.0 Å². The summed E-state index contributed by atoms with van der Waals surface area (Å²) in [6, 6.07) is 7.95. The lowest BCUT2D eigenvalue weighted by molar-refractivity contribution is -0.121. The van der Waals surface area contributed by atoms with Crippen LogP contribution in [0.3, 0.4) is 0 Å². The van der Waals surface area contributed by atoms with E-state index >= 15 is 0 Å². The molecule has 1 heterocycles. The first kappa shape index (κ1) is 18.7. The fourth-order valence-electron chi connectivity index (χ4n) is 2.52. The molecule has 22 heavy (non-hydrogen) atoms. The van der Waals surface area contributed by atoms with Crippen molar-refractivity contribution < 1.29 is 4.79 Å². The zero-order valence-corrected chi connectivity index (χ0v) is 14.1. The Morgan fingerprint density at radius 1 is 1.41 bits per heavy atom. The third-order valence-electron chi connectivity index (χ3n) is 3.91. The Kier molecular flexibility index (Phi) is 6.66. The summed E-state index contributed by atoms with van der Waals surface area (Å²) in [4.78, 5) is 16.5. The maximum Gasteiger partial charge on any atom is 0.240 e. The molecular weight excluding hydrogens is 323 g/mol. The molecule has 0 radical (unpaired) electrons. The Morgan fingerprint density at radius 2 is 2.09 bits per heavy atom. The van der Waals surface area contributed by atoms with E-state index in [1.807, 2.05) is 35.8 Å². The van der Waals surface area contributed by atoms with Crippen molar-refractivity contribution in [3.63, 3.8) is 0 Å². The van der Waals surface area contributed by atoms with Gasteiger partial charge in [-0.25, -0.2) is 4.98 Å². The van der Waals surface area contributed by atoms with E-state index in [4.69, 9.17) is 5.73 Å². The molecule has 1 fully saturated rings. The molecule has 1 amide bonds. The number of hydrogen-bond donors (Lipinski definition) is 2. The summed E-state index contributed by atoms with van der Waals surface area (Å²) in [5, 5.41) is 2.92. The van der Waals surface area contributed by atoms with Crippen molar-refractivity contribution in [2.75, 3.05) is 6.54 Å². The summed E-state index contributed by atoms with van der Waals surface area (Å²) < 4.78 is 1.94. The zero-order valence-electron chi connectivity index (χ0n) is 12.5. The number of aromatic nitrogens is 2. The Bertz CT molecular complexity index is 640. The maximum atomic E-state index is 12.0. The van der Waals surface area contributed by atoms with Crippen LogP contribution >= 0.6 is 24.8 Å². The SMILES string of the molecule is Cc1nc2ccccc2n1CC(=O)NCC(N)C1CC1.Cl.Cl. The van der Waals surface area contributed by atoms with Gasteiger partial charge in [-0.05, 0) is 37.8 Å². The van der Waals surface area contributed by atoms with Gasteiger partial charge >= 0.3 is 0 Å². The van der Waals surface area contributed by atoms with Crippen LogP contribution in [0, 0.1) is 12.8 Å². The minimum Gasteiger partial charge on any atom is -0.353 e. The molecule has 2 aromatic rings. The van der Waals surface area contributed by atoms with E-state index in [-0.39, 0.29) is 36.8 Å². The molecule has 7 heteroatoms. The number of amides is 1. The van der Waals surface area contributed by atoms with Gasteiger partial charge in [-0.1, -0.05) is 12.1 Å². The van der Waals surface area contributed by atoms with Crippen LogP contribution in [-0.2, 0) is 11.3 Å². The van der Waals surface area contributed by atoms with Gasteiger partial charge in [0, 0.05) is 12.6 Å². The molecule has 122 valence electrons. The number of carbonyl (C=O) groups excluding carboxylic acids is 1. The lowest BCUT2D eigenvalue weighted by Gasteiger charge is -2.12. The topological polar surface area (TPSA) is 72.9 Å². The third kappa shape index (κ3) is 4.12. The van der Waals surface area contributed by atoms with Gasteiger partial charge in [-0.2, -0.15) is 0 Å². The molecule has 0 bridgehead atoms. The quantitative estimate of drug-likeness (QED) is 0.871. The first-order chi connectivity index (χ1) is 9.65. The van der Waals surface area contributed by atoms with Crippen LogP contribution in [0.1, 0.15) is 18.7 Å². The van der Waals surface area contributed by atoms with E-state index < -0.39 is 0 Å². The number of para-hydroxylation sites is 2. The highest BCUT2D eigenvalue weighted by atomic mass is 35.5. The molecule has 1 aromatic heterocycles. The zero-order chi connectivity index (χ0) is 14.1. The number of nitrogens with zero attached hydrogens (tertiary/aromatic N) is 2. The minimum absolute atomic E-state index is 0. The normalized spacial score (nSPS) is 14.8. The van der Waals surface area contributed by atoms with Crippen LogP contribution in [0.2, 0.25) is 0 Å². The highest BCUT2D eigenvalue weighted by molar-refractivity contribution is 5.85. The monoisotopic (exact) mass is 344 g/mol. The molecule has 1 aliphatic rings. The molecule has 1 aliphatic carbocycles. The van der Waals surface area contributed by atoms with Gasteiger partial charge in [0.1, 0.15) is 12.4 Å². The summed E-state index contributed by atoms with van der Waals surface area (Å²) >= 11 is 0. The predicted octanol–water partition coefficient (Wildman–Crippen LogP) is 2.04. The Labute approximate surface area is 142 Å². The van der Waals surface area contributed by atoms with Crippen LogP contribution in [0.5, 0.6) is 0 Å². The van der Waals surface area contributed by atoms with Crippen molar-refractivity contribution >= 4 is 41.8 Å². The number of rotatable bonds is 5.